The van der Waals surface area contributed by atoms with Crippen molar-refractivity contribution >= 4 is 28.8 Å². The summed E-state index contributed by atoms with van der Waals surface area (Å²) in [5.74, 6) is 1.42. The predicted octanol–water partition coefficient (Wildman–Crippen LogP) is 3.47. The zero-order valence-corrected chi connectivity index (χ0v) is 17.3. The second-order valence-corrected chi connectivity index (χ2v) is 7.95. The molecule has 1 aliphatic rings. The van der Waals surface area contributed by atoms with Crippen LogP contribution in [0.5, 0.6) is 0 Å². The highest BCUT2D eigenvalue weighted by Gasteiger charge is 2.14. The SMILES string of the molecule is Cc1cccc2oc(SCc3ccc(C(=O)NCCCN4CCOCC4)o3)nc12. The van der Waals surface area contributed by atoms with Crippen molar-refractivity contribution in [2.45, 2.75) is 24.3 Å². The average molecular weight is 416 g/mol. The predicted molar refractivity (Wildman–Crippen MR) is 111 cm³/mol. The molecule has 1 saturated heterocycles. The molecule has 3 heterocycles. The Morgan fingerprint density at radius 2 is 2.07 bits per heavy atom. The summed E-state index contributed by atoms with van der Waals surface area (Å²) in [6.07, 6.45) is 0.909. The van der Waals surface area contributed by atoms with Crippen LogP contribution in [-0.4, -0.2) is 55.2 Å². The molecule has 1 N–H and O–H groups in total. The summed E-state index contributed by atoms with van der Waals surface area (Å²) >= 11 is 1.45. The van der Waals surface area contributed by atoms with Crippen molar-refractivity contribution in [1.82, 2.24) is 15.2 Å². The second kappa shape index (κ2) is 9.47. The standard InChI is InChI=1S/C21H25N3O4S/c1-15-4-2-5-17-19(15)23-21(28-17)29-14-16-6-7-18(27-16)20(25)22-8-3-9-24-10-12-26-13-11-24/h2,4-7H,3,8-14H2,1H3,(H,22,25). The number of fused-ring (bicyclic) bond motifs is 1. The molecule has 29 heavy (non-hydrogen) atoms. The van der Waals surface area contributed by atoms with E-state index in [2.05, 4.69) is 15.2 Å². The number of ether oxygens (including phenoxy) is 1. The number of para-hydroxylation sites is 1. The lowest BCUT2D eigenvalue weighted by Crippen LogP contribution is -2.38. The number of nitrogens with zero attached hydrogens (tertiary/aromatic N) is 2. The normalized spacial score (nSPS) is 15.1. The third kappa shape index (κ3) is 5.20. The fourth-order valence-corrected chi connectivity index (χ4v) is 3.98. The molecule has 2 aromatic heterocycles. The quantitative estimate of drug-likeness (QED) is 0.446. The lowest BCUT2D eigenvalue weighted by atomic mass is 10.2. The number of furan rings is 1. The second-order valence-electron chi connectivity index (χ2n) is 7.02. The van der Waals surface area contributed by atoms with Crippen LogP contribution in [-0.2, 0) is 10.5 Å². The monoisotopic (exact) mass is 415 g/mol. The molecule has 1 fully saturated rings. The number of hydrogen-bond acceptors (Lipinski definition) is 7. The van der Waals surface area contributed by atoms with Crippen molar-refractivity contribution in [2.24, 2.45) is 0 Å². The zero-order valence-electron chi connectivity index (χ0n) is 16.5. The Morgan fingerprint density at radius 3 is 2.90 bits per heavy atom. The molecule has 0 radical (unpaired) electrons. The fraction of sp³-hybridized carbons (Fsp3) is 0.429. The van der Waals surface area contributed by atoms with E-state index in [9.17, 15) is 4.79 Å². The Kier molecular flexibility index (Phi) is 6.53. The molecule has 7 nitrogen and oxygen atoms in total. The van der Waals surface area contributed by atoms with E-state index in [0.29, 0.717) is 29.0 Å². The van der Waals surface area contributed by atoms with Gasteiger partial charge in [-0.2, -0.15) is 0 Å². The number of carbonyl (C=O) groups is 1. The molecular weight excluding hydrogens is 390 g/mol. The van der Waals surface area contributed by atoms with E-state index in [-0.39, 0.29) is 5.91 Å². The highest BCUT2D eigenvalue weighted by molar-refractivity contribution is 7.98. The summed E-state index contributed by atoms with van der Waals surface area (Å²) in [7, 11) is 0. The lowest BCUT2D eigenvalue weighted by molar-refractivity contribution is 0.0374. The number of benzene rings is 1. The van der Waals surface area contributed by atoms with Gasteiger partial charge in [0.1, 0.15) is 11.3 Å². The van der Waals surface area contributed by atoms with Gasteiger partial charge < -0.3 is 18.9 Å². The summed E-state index contributed by atoms with van der Waals surface area (Å²) in [6.45, 7) is 7.12. The maximum absolute atomic E-state index is 12.3. The van der Waals surface area contributed by atoms with Crippen LogP contribution in [0.25, 0.3) is 11.1 Å². The number of amides is 1. The van der Waals surface area contributed by atoms with Gasteiger partial charge in [-0.3, -0.25) is 9.69 Å². The summed E-state index contributed by atoms with van der Waals surface area (Å²) < 4.78 is 16.8. The minimum atomic E-state index is -0.180. The van der Waals surface area contributed by atoms with Crippen LogP contribution < -0.4 is 5.32 Å². The van der Waals surface area contributed by atoms with Crippen LogP contribution in [0.1, 0.15) is 28.3 Å². The van der Waals surface area contributed by atoms with Crippen LogP contribution in [0.4, 0.5) is 0 Å². The van der Waals surface area contributed by atoms with Crippen molar-refractivity contribution in [3.8, 4) is 0 Å². The molecule has 0 unspecified atom stereocenters. The van der Waals surface area contributed by atoms with E-state index >= 15 is 0 Å². The van der Waals surface area contributed by atoms with Gasteiger partial charge in [-0.1, -0.05) is 23.9 Å². The molecule has 1 aliphatic heterocycles. The van der Waals surface area contributed by atoms with Crippen molar-refractivity contribution in [2.75, 3.05) is 39.4 Å². The number of hydrogen-bond donors (Lipinski definition) is 1. The van der Waals surface area contributed by atoms with E-state index in [0.717, 1.165) is 55.9 Å². The van der Waals surface area contributed by atoms with Crippen molar-refractivity contribution in [1.29, 1.82) is 0 Å². The number of rotatable bonds is 8. The molecule has 0 atom stereocenters. The molecule has 4 rings (SSSR count). The summed E-state index contributed by atoms with van der Waals surface area (Å²) in [6, 6.07) is 9.41. The summed E-state index contributed by atoms with van der Waals surface area (Å²) in [5, 5.41) is 3.52. The van der Waals surface area contributed by atoms with Gasteiger partial charge in [0, 0.05) is 19.6 Å². The largest absolute Gasteiger partial charge is 0.455 e. The maximum Gasteiger partial charge on any atom is 0.286 e. The van der Waals surface area contributed by atoms with E-state index in [4.69, 9.17) is 13.6 Å². The number of nitrogens with one attached hydrogen (secondary N) is 1. The number of thioether (sulfide) groups is 1. The van der Waals surface area contributed by atoms with Gasteiger partial charge in [-0.05, 0) is 43.7 Å². The van der Waals surface area contributed by atoms with Gasteiger partial charge in [0.15, 0.2) is 11.3 Å². The Balaban J connectivity index is 1.23. The number of oxazole rings is 1. The first-order valence-electron chi connectivity index (χ1n) is 9.85. The first-order valence-corrected chi connectivity index (χ1v) is 10.8. The lowest BCUT2D eigenvalue weighted by Gasteiger charge is -2.26. The first kappa shape index (κ1) is 20.0. The van der Waals surface area contributed by atoms with E-state index in [1.807, 2.05) is 31.2 Å². The van der Waals surface area contributed by atoms with Crippen LogP contribution >= 0.6 is 11.8 Å². The molecule has 1 amide bonds. The number of aryl methyl sites for hydroxylation is 1. The van der Waals surface area contributed by atoms with Crippen molar-refractivity contribution < 1.29 is 18.4 Å². The third-order valence-electron chi connectivity index (χ3n) is 4.86. The molecule has 0 saturated carbocycles. The maximum atomic E-state index is 12.3. The molecule has 8 heteroatoms. The topological polar surface area (TPSA) is 80.7 Å². The molecule has 0 spiro atoms. The zero-order chi connectivity index (χ0) is 20.1. The van der Waals surface area contributed by atoms with Crippen LogP contribution in [0, 0.1) is 6.92 Å². The molecule has 3 aromatic rings. The van der Waals surface area contributed by atoms with Crippen LogP contribution in [0.15, 0.2) is 44.4 Å². The number of morpholine rings is 1. The van der Waals surface area contributed by atoms with Gasteiger partial charge in [-0.25, -0.2) is 4.98 Å². The fourth-order valence-electron chi connectivity index (χ4n) is 3.25. The number of aromatic nitrogens is 1. The number of carbonyl (C=O) groups excluding carboxylic acids is 1. The van der Waals surface area contributed by atoms with Gasteiger partial charge in [0.2, 0.25) is 0 Å². The minimum absolute atomic E-state index is 0.180. The summed E-state index contributed by atoms with van der Waals surface area (Å²) in [4.78, 5) is 19.1. The van der Waals surface area contributed by atoms with Gasteiger partial charge in [-0.15, -0.1) is 0 Å². The van der Waals surface area contributed by atoms with E-state index < -0.39 is 0 Å². The highest BCUT2D eigenvalue weighted by atomic mass is 32.2. The van der Waals surface area contributed by atoms with Gasteiger partial charge in [0.25, 0.3) is 11.1 Å². The Morgan fingerprint density at radius 1 is 1.21 bits per heavy atom. The Labute approximate surface area is 173 Å². The van der Waals surface area contributed by atoms with Gasteiger partial charge in [0.05, 0.1) is 19.0 Å². The first-order chi connectivity index (χ1) is 14.2. The third-order valence-corrected chi connectivity index (χ3v) is 5.72. The van der Waals surface area contributed by atoms with Crippen LogP contribution in [0.3, 0.4) is 0 Å². The Bertz CT molecular complexity index is 962. The summed E-state index contributed by atoms with van der Waals surface area (Å²) in [5.41, 5.74) is 2.75. The smallest absolute Gasteiger partial charge is 0.286 e. The average Bonchev–Trinajstić information content (AvgIpc) is 3.38. The van der Waals surface area contributed by atoms with Gasteiger partial charge >= 0.3 is 0 Å². The minimum Gasteiger partial charge on any atom is -0.455 e. The molecule has 154 valence electrons. The Hall–Kier alpha value is -2.29. The molecular formula is C21H25N3O4S. The van der Waals surface area contributed by atoms with Crippen LogP contribution in [0.2, 0.25) is 0 Å². The highest BCUT2D eigenvalue weighted by Crippen LogP contribution is 2.28. The van der Waals surface area contributed by atoms with Crippen molar-refractivity contribution in [3.63, 3.8) is 0 Å². The molecule has 1 aromatic carbocycles. The van der Waals surface area contributed by atoms with E-state index in [1.165, 1.54) is 11.8 Å². The van der Waals surface area contributed by atoms with Crippen molar-refractivity contribution in [3.05, 3.63) is 47.4 Å². The molecule has 0 aliphatic carbocycles. The molecule has 0 bridgehead atoms. The van der Waals surface area contributed by atoms with E-state index in [1.54, 1.807) is 6.07 Å².